The van der Waals surface area contributed by atoms with Crippen molar-refractivity contribution >= 4 is 11.6 Å². The topological polar surface area (TPSA) is 0 Å². The fourth-order valence-corrected chi connectivity index (χ4v) is 1.93. The molecular formula is C13H5ClF6. The normalized spacial score (nSPS) is 12.6. The third-order valence-electron chi connectivity index (χ3n) is 2.61. The van der Waals surface area contributed by atoms with Crippen LogP contribution >= 0.6 is 11.6 Å². The molecule has 0 nitrogen and oxygen atoms in total. The fraction of sp³-hybridized carbons (Fsp3) is 0.0769. The van der Waals surface area contributed by atoms with Gasteiger partial charge in [0.15, 0.2) is 29.1 Å². The van der Waals surface area contributed by atoms with Crippen molar-refractivity contribution in [2.45, 2.75) is 5.38 Å². The molecule has 0 radical (unpaired) electrons. The smallest absolute Gasteiger partial charge is 0.194 e. The van der Waals surface area contributed by atoms with Crippen LogP contribution in [-0.2, 0) is 0 Å². The summed E-state index contributed by atoms with van der Waals surface area (Å²) >= 11 is 5.77. The molecule has 20 heavy (non-hydrogen) atoms. The highest BCUT2D eigenvalue weighted by atomic mass is 35.5. The van der Waals surface area contributed by atoms with Crippen molar-refractivity contribution in [3.8, 4) is 0 Å². The Kier molecular flexibility index (Phi) is 3.94. The molecule has 2 aromatic carbocycles. The number of hydrogen-bond acceptors (Lipinski definition) is 0. The van der Waals surface area contributed by atoms with Crippen molar-refractivity contribution in [3.05, 3.63) is 70.3 Å². The van der Waals surface area contributed by atoms with Gasteiger partial charge in [-0.25, -0.2) is 26.3 Å². The Morgan fingerprint density at radius 1 is 0.650 bits per heavy atom. The molecule has 1 atom stereocenters. The molecule has 0 aliphatic carbocycles. The van der Waals surface area contributed by atoms with E-state index in [0.717, 1.165) is 0 Å². The molecule has 2 aromatic rings. The molecule has 0 heterocycles. The summed E-state index contributed by atoms with van der Waals surface area (Å²) in [6.07, 6.45) is 0. The zero-order valence-electron chi connectivity index (χ0n) is 9.53. The van der Waals surface area contributed by atoms with Gasteiger partial charge in [0, 0.05) is 11.6 Å². The van der Waals surface area contributed by atoms with Crippen LogP contribution in [0.25, 0.3) is 0 Å². The molecule has 0 amide bonds. The zero-order valence-corrected chi connectivity index (χ0v) is 10.3. The van der Waals surface area contributed by atoms with Gasteiger partial charge in [-0.2, -0.15) is 0 Å². The second-order valence-corrected chi connectivity index (χ2v) is 4.39. The van der Waals surface area contributed by atoms with Crippen LogP contribution in [0.15, 0.2) is 24.3 Å². The summed E-state index contributed by atoms with van der Waals surface area (Å²) in [4.78, 5) is 0. The van der Waals surface area contributed by atoms with Gasteiger partial charge in [-0.15, -0.1) is 11.6 Å². The average Bonchev–Trinajstić information content (AvgIpc) is 2.38. The molecule has 0 aliphatic heterocycles. The SMILES string of the molecule is Fc1cc(F)c(C(Cl)c2cc(F)c(F)c(F)c2)cc1F. The Hall–Kier alpha value is -1.69. The number of halogens is 7. The first kappa shape index (κ1) is 14.7. The molecule has 0 saturated carbocycles. The van der Waals surface area contributed by atoms with E-state index in [1.807, 2.05) is 0 Å². The van der Waals surface area contributed by atoms with E-state index in [-0.39, 0.29) is 11.6 Å². The zero-order chi connectivity index (χ0) is 15.0. The second-order valence-electron chi connectivity index (χ2n) is 3.95. The van der Waals surface area contributed by atoms with Crippen LogP contribution < -0.4 is 0 Å². The quantitative estimate of drug-likeness (QED) is 0.322. The molecule has 0 aliphatic rings. The van der Waals surface area contributed by atoms with Crippen molar-refractivity contribution in [3.63, 3.8) is 0 Å². The third kappa shape index (κ3) is 2.60. The Morgan fingerprint density at radius 2 is 1.15 bits per heavy atom. The Bertz CT molecular complexity index is 647. The van der Waals surface area contributed by atoms with E-state index in [2.05, 4.69) is 0 Å². The summed E-state index contributed by atoms with van der Waals surface area (Å²) in [5.74, 6) is -8.72. The van der Waals surface area contributed by atoms with E-state index >= 15 is 0 Å². The lowest BCUT2D eigenvalue weighted by atomic mass is 10.0. The van der Waals surface area contributed by atoms with Crippen LogP contribution in [-0.4, -0.2) is 0 Å². The summed E-state index contributed by atoms with van der Waals surface area (Å²) < 4.78 is 78.2. The molecule has 2 rings (SSSR count). The van der Waals surface area contributed by atoms with Gasteiger partial charge < -0.3 is 0 Å². The first-order valence-corrected chi connectivity index (χ1v) is 5.68. The molecule has 0 fully saturated rings. The monoisotopic (exact) mass is 310 g/mol. The first-order chi connectivity index (χ1) is 9.31. The summed E-state index contributed by atoms with van der Waals surface area (Å²) in [5, 5.41) is -1.50. The average molecular weight is 311 g/mol. The molecule has 7 heteroatoms. The summed E-state index contributed by atoms with van der Waals surface area (Å²) in [7, 11) is 0. The lowest BCUT2D eigenvalue weighted by Gasteiger charge is -2.12. The summed E-state index contributed by atoms with van der Waals surface area (Å²) in [6.45, 7) is 0. The van der Waals surface area contributed by atoms with Gasteiger partial charge in [-0.05, 0) is 23.8 Å². The highest BCUT2D eigenvalue weighted by molar-refractivity contribution is 6.22. The van der Waals surface area contributed by atoms with E-state index in [0.29, 0.717) is 18.2 Å². The van der Waals surface area contributed by atoms with Gasteiger partial charge in [-0.3, -0.25) is 0 Å². The van der Waals surface area contributed by atoms with Crippen molar-refractivity contribution < 1.29 is 26.3 Å². The van der Waals surface area contributed by atoms with Crippen LogP contribution in [0.3, 0.4) is 0 Å². The minimum Gasteiger partial charge on any atom is -0.207 e. The lowest BCUT2D eigenvalue weighted by Crippen LogP contribution is -2.03. The first-order valence-electron chi connectivity index (χ1n) is 5.24. The van der Waals surface area contributed by atoms with E-state index in [1.54, 1.807) is 0 Å². The van der Waals surface area contributed by atoms with E-state index < -0.39 is 45.8 Å². The van der Waals surface area contributed by atoms with Crippen LogP contribution in [0.5, 0.6) is 0 Å². The van der Waals surface area contributed by atoms with E-state index in [1.165, 1.54) is 0 Å². The molecule has 106 valence electrons. The summed E-state index contributed by atoms with van der Waals surface area (Å²) in [5.41, 5.74) is -0.844. The fourth-order valence-electron chi connectivity index (χ4n) is 1.63. The standard InChI is InChI=1S/C13H5ClF6/c14-12(5-1-10(18)13(20)11(19)2-5)6-3-8(16)9(17)4-7(6)15/h1-4,12H. The van der Waals surface area contributed by atoms with Crippen LogP contribution in [0.2, 0.25) is 0 Å². The number of rotatable bonds is 2. The molecule has 0 spiro atoms. The van der Waals surface area contributed by atoms with Crippen molar-refractivity contribution in [2.75, 3.05) is 0 Å². The van der Waals surface area contributed by atoms with Gasteiger partial charge in [0.2, 0.25) is 0 Å². The molecule has 0 saturated heterocycles. The maximum atomic E-state index is 13.5. The highest BCUT2D eigenvalue weighted by Gasteiger charge is 2.21. The van der Waals surface area contributed by atoms with Crippen LogP contribution in [0, 0.1) is 34.9 Å². The maximum Gasteiger partial charge on any atom is 0.194 e. The molecular weight excluding hydrogens is 306 g/mol. The van der Waals surface area contributed by atoms with E-state index in [4.69, 9.17) is 11.6 Å². The molecule has 0 aromatic heterocycles. The Balaban J connectivity index is 2.51. The van der Waals surface area contributed by atoms with Crippen LogP contribution in [0.1, 0.15) is 16.5 Å². The Morgan fingerprint density at radius 3 is 1.70 bits per heavy atom. The molecule has 0 N–H and O–H groups in total. The largest absolute Gasteiger partial charge is 0.207 e. The Labute approximate surface area is 114 Å². The van der Waals surface area contributed by atoms with Gasteiger partial charge in [-0.1, -0.05) is 0 Å². The predicted octanol–water partition coefficient (Wildman–Crippen LogP) is 4.85. The van der Waals surface area contributed by atoms with Gasteiger partial charge in [0.1, 0.15) is 5.82 Å². The number of hydrogen-bond donors (Lipinski definition) is 0. The minimum atomic E-state index is -1.71. The third-order valence-corrected chi connectivity index (χ3v) is 3.10. The highest BCUT2D eigenvalue weighted by Crippen LogP contribution is 2.33. The second kappa shape index (κ2) is 5.36. The maximum absolute atomic E-state index is 13.5. The van der Waals surface area contributed by atoms with Gasteiger partial charge in [0.05, 0.1) is 5.38 Å². The predicted molar refractivity (Wildman–Crippen MR) is 60.3 cm³/mol. The molecule has 0 bridgehead atoms. The van der Waals surface area contributed by atoms with Crippen molar-refractivity contribution in [1.29, 1.82) is 0 Å². The van der Waals surface area contributed by atoms with Gasteiger partial charge in [0.25, 0.3) is 0 Å². The molecule has 1 unspecified atom stereocenters. The minimum absolute atomic E-state index is 0.260. The van der Waals surface area contributed by atoms with Crippen LogP contribution in [0.4, 0.5) is 26.3 Å². The lowest BCUT2D eigenvalue weighted by molar-refractivity contribution is 0.445. The van der Waals surface area contributed by atoms with E-state index in [9.17, 15) is 26.3 Å². The number of alkyl halides is 1. The van der Waals surface area contributed by atoms with Crippen molar-refractivity contribution in [2.24, 2.45) is 0 Å². The summed E-state index contributed by atoms with van der Waals surface area (Å²) in [6, 6.07) is 1.84. The van der Waals surface area contributed by atoms with Crippen molar-refractivity contribution in [1.82, 2.24) is 0 Å². The van der Waals surface area contributed by atoms with Gasteiger partial charge >= 0.3 is 0 Å². The number of benzene rings is 2.